The Hall–Kier alpha value is -1.35. The Kier molecular flexibility index (Phi) is 5.52. The van der Waals surface area contributed by atoms with Crippen molar-refractivity contribution in [1.82, 2.24) is 0 Å². The molecule has 2 aromatic rings. The predicted molar refractivity (Wildman–Crippen MR) is 112 cm³/mol. The molecule has 0 saturated carbocycles. The number of hydrogen-bond acceptors (Lipinski definition) is 5. The van der Waals surface area contributed by atoms with Gasteiger partial charge in [0.2, 0.25) is 0 Å². The first-order chi connectivity index (χ1) is 11.9. The van der Waals surface area contributed by atoms with Gasteiger partial charge < -0.3 is 9.84 Å². The van der Waals surface area contributed by atoms with Gasteiger partial charge in [-0.2, -0.15) is 0 Å². The number of methoxy groups -OCH3 is 1. The van der Waals surface area contributed by atoms with E-state index in [0.717, 1.165) is 5.56 Å². The maximum Gasteiger partial charge on any atom is 0.270 e. The molecule has 8 heteroatoms. The highest BCUT2D eigenvalue weighted by atomic mass is 79.9. The number of benzene rings is 2. The van der Waals surface area contributed by atoms with Crippen molar-refractivity contribution in [1.29, 1.82) is 0 Å². The fraction of sp³-hybridized carbons (Fsp3) is 0.0588. The van der Waals surface area contributed by atoms with Crippen LogP contribution in [0.3, 0.4) is 0 Å². The van der Waals surface area contributed by atoms with Crippen LogP contribution in [0.15, 0.2) is 50.2 Å². The molecule has 1 N–H and O–H groups in total. The van der Waals surface area contributed by atoms with Crippen molar-refractivity contribution in [3.8, 4) is 11.5 Å². The predicted octanol–water partition coefficient (Wildman–Crippen LogP) is 5.33. The van der Waals surface area contributed by atoms with E-state index in [9.17, 15) is 9.90 Å². The van der Waals surface area contributed by atoms with Gasteiger partial charge in [0.25, 0.3) is 5.91 Å². The smallest absolute Gasteiger partial charge is 0.270 e. The number of halogens is 2. The van der Waals surface area contributed by atoms with E-state index < -0.39 is 0 Å². The Morgan fingerprint density at radius 2 is 1.80 bits per heavy atom. The number of rotatable bonds is 3. The van der Waals surface area contributed by atoms with E-state index in [2.05, 4.69) is 31.9 Å². The SMILES string of the molecule is COc1ccc(N2C(=O)/C(=C/c3cc(Br)c(O)c(Br)c3)SC2=S)cc1. The first kappa shape index (κ1) is 18.4. The van der Waals surface area contributed by atoms with Crippen molar-refractivity contribution in [2.75, 3.05) is 12.0 Å². The molecule has 0 bridgehead atoms. The highest BCUT2D eigenvalue weighted by molar-refractivity contribution is 9.11. The maximum absolute atomic E-state index is 12.8. The fourth-order valence-electron chi connectivity index (χ4n) is 2.24. The van der Waals surface area contributed by atoms with Gasteiger partial charge in [0.15, 0.2) is 4.32 Å². The highest BCUT2D eigenvalue weighted by Crippen LogP contribution is 2.38. The van der Waals surface area contributed by atoms with Crippen molar-refractivity contribution < 1.29 is 14.6 Å². The van der Waals surface area contributed by atoms with Crippen LogP contribution in [-0.2, 0) is 4.79 Å². The molecule has 128 valence electrons. The third kappa shape index (κ3) is 3.76. The van der Waals surface area contributed by atoms with E-state index in [1.807, 2.05) is 0 Å². The lowest BCUT2D eigenvalue weighted by Gasteiger charge is -2.14. The molecule has 0 aromatic heterocycles. The number of aromatic hydroxyl groups is 1. The van der Waals surface area contributed by atoms with Gasteiger partial charge in [-0.3, -0.25) is 9.69 Å². The Morgan fingerprint density at radius 1 is 1.20 bits per heavy atom. The van der Waals surface area contributed by atoms with Crippen molar-refractivity contribution >= 4 is 77.8 Å². The molecule has 4 nitrogen and oxygen atoms in total. The molecule has 1 aliphatic rings. The Morgan fingerprint density at radius 3 is 2.36 bits per heavy atom. The number of carbonyl (C=O) groups is 1. The number of thioether (sulfide) groups is 1. The third-order valence-electron chi connectivity index (χ3n) is 3.46. The van der Waals surface area contributed by atoms with Crippen LogP contribution in [0.25, 0.3) is 6.08 Å². The van der Waals surface area contributed by atoms with Gasteiger partial charge in [-0.15, -0.1) is 0 Å². The summed E-state index contributed by atoms with van der Waals surface area (Å²) in [7, 11) is 1.59. The third-order valence-corrected chi connectivity index (χ3v) is 5.97. The second-order valence-corrected chi connectivity index (χ2v) is 8.43. The van der Waals surface area contributed by atoms with Crippen molar-refractivity contribution in [3.63, 3.8) is 0 Å². The number of thiocarbonyl (C=S) groups is 1. The minimum atomic E-state index is -0.180. The number of phenolic OH excluding ortho intramolecular Hbond substituents is 1. The quantitative estimate of drug-likeness (QED) is 0.455. The van der Waals surface area contributed by atoms with Gasteiger partial charge in [0.05, 0.1) is 26.6 Å². The topological polar surface area (TPSA) is 49.8 Å². The number of phenols is 1. The summed E-state index contributed by atoms with van der Waals surface area (Å²) in [5.41, 5.74) is 1.46. The normalized spacial score (nSPS) is 16.0. The zero-order valence-electron chi connectivity index (χ0n) is 12.8. The van der Waals surface area contributed by atoms with E-state index in [4.69, 9.17) is 17.0 Å². The lowest BCUT2D eigenvalue weighted by molar-refractivity contribution is -0.113. The first-order valence-electron chi connectivity index (χ1n) is 7.00. The standard InChI is InChI=1S/C17H11Br2NO3S2/c1-23-11-4-2-10(3-5-11)20-16(22)14(25-17(20)24)8-9-6-12(18)15(21)13(19)7-9/h2-8,21H,1H3/b14-8-. The molecule has 1 amide bonds. The zero-order valence-corrected chi connectivity index (χ0v) is 17.6. The molecule has 1 saturated heterocycles. The summed E-state index contributed by atoms with van der Waals surface area (Å²) >= 11 is 13.2. The Bertz CT molecular complexity index is 874. The van der Waals surface area contributed by atoms with Gasteiger partial charge in [-0.1, -0.05) is 24.0 Å². The summed E-state index contributed by atoms with van der Waals surface area (Å²) < 4.78 is 6.69. The van der Waals surface area contributed by atoms with Crippen LogP contribution in [0.5, 0.6) is 11.5 Å². The largest absolute Gasteiger partial charge is 0.506 e. The second-order valence-electron chi connectivity index (χ2n) is 5.05. The van der Waals surface area contributed by atoms with E-state index in [1.165, 1.54) is 16.7 Å². The number of amides is 1. The summed E-state index contributed by atoms with van der Waals surface area (Å²) in [5, 5.41) is 9.79. The fourth-order valence-corrected chi connectivity index (χ4v) is 4.76. The number of nitrogens with zero attached hydrogens (tertiary/aromatic N) is 1. The molecule has 2 aromatic carbocycles. The van der Waals surface area contributed by atoms with Crippen molar-refractivity contribution in [2.45, 2.75) is 0 Å². The van der Waals surface area contributed by atoms with E-state index in [1.54, 1.807) is 49.6 Å². The molecule has 3 rings (SSSR count). The maximum atomic E-state index is 12.8. The summed E-state index contributed by atoms with van der Waals surface area (Å²) in [4.78, 5) is 14.8. The molecule has 0 spiro atoms. The van der Waals surface area contributed by atoms with Crippen molar-refractivity contribution in [2.24, 2.45) is 0 Å². The highest BCUT2D eigenvalue weighted by Gasteiger charge is 2.33. The van der Waals surface area contributed by atoms with E-state index in [0.29, 0.717) is 29.6 Å². The Labute approximate surface area is 171 Å². The summed E-state index contributed by atoms with van der Waals surface area (Å²) in [5.74, 6) is 0.645. The van der Waals surface area contributed by atoms with Gasteiger partial charge in [-0.05, 0) is 79.9 Å². The van der Waals surface area contributed by atoms with Crippen LogP contribution in [0.1, 0.15) is 5.56 Å². The monoisotopic (exact) mass is 499 g/mol. The number of anilines is 1. The minimum Gasteiger partial charge on any atom is -0.506 e. The second kappa shape index (κ2) is 7.49. The first-order valence-corrected chi connectivity index (χ1v) is 9.82. The van der Waals surface area contributed by atoms with Gasteiger partial charge >= 0.3 is 0 Å². The number of ether oxygens (including phenoxy) is 1. The van der Waals surface area contributed by atoms with E-state index >= 15 is 0 Å². The minimum absolute atomic E-state index is 0.114. The van der Waals surface area contributed by atoms with Crippen LogP contribution < -0.4 is 9.64 Å². The van der Waals surface area contributed by atoms with Gasteiger partial charge in [0.1, 0.15) is 11.5 Å². The Balaban J connectivity index is 1.92. The number of hydrogen-bond donors (Lipinski definition) is 1. The lowest BCUT2D eigenvalue weighted by Crippen LogP contribution is -2.27. The molecule has 1 heterocycles. The van der Waals surface area contributed by atoms with Crippen LogP contribution in [-0.4, -0.2) is 22.4 Å². The van der Waals surface area contributed by atoms with Crippen LogP contribution >= 0.6 is 55.8 Å². The molecule has 0 radical (unpaired) electrons. The molecule has 0 unspecified atom stereocenters. The summed E-state index contributed by atoms with van der Waals surface area (Å²) in [6.45, 7) is 0. The van der Waals surface area contributed by atoms with E-state index in [-0.39, 0.29) is 11.7 Å². The molecular formula is C17H11Br2NO3S2. The lowest BCUT2D eigenvalue weighted by atomic mass is 10.2. The summed E-state index contributed by atoms with van der Waals surface area (Å²) in [6.07, 6.45) is 1.75. The average molecular weight is 501 g/mol. The van der Waals surface area contributed by atoms with Gasteiger partial charge in [0, 0.05) is 0 Å². The van der Waals surface area contributed by atoms with Crippen LogP contribution in [0.4, 0.5) is 5.69 Å². The summed E-state index contributed by atoms with van der Waals surface area (Å²) in [6, 6.07) is 10.6. The van der Waals surface area contributed by atoms with Crippen LogP contribution in [0, 0.1) is 0 Å². The average Bonchev–Trinajstić information content (AvgIpc) is 2.86. The molecule has 25 heavy (non-hydrogen) atoms. The molecule has 0 atom stereocenters. The molecule has 0 aliphatic carbocycles. The molecule has 1 fully saturated rings. The van der Waals surface area contributed by atoms with Crippen LogP contribution in [0.2, 0.25) is 0 Å². The van der Waals surface area contributed by atoms with Gasteiger partial charge in [-0.25, -0.2) is 0 Å². The number of carbonyl (C=O) groups excluding carboxylic acids is 1. The van der Waals surface area contributed by atoms with Crippen molar-refractivity contribution in [3.05, 3.63) is 55.8 Å². The molecule has 1 aliphatic heterocycles. The zero-order chi connectivity index (χ0) is 18.1. The molecular weight excluding hydrogens is 490 g/mol.